The highest BCUT2D eigenvalue weighted by Gasteiger charge is 2.35. The van der Waals surface area contributed by atoms with E-state index in [4.69, 9.17) is 0 Å². The molecule has 3 aromatic carbocycles. The van der Waals surface area contributed by atoms with E-state index in [1.807, 2.05) is 26.0 Å². The van der Waals surface area contributed by atoms with Crippen LogP contribution >= 0.6 is 0 Å². The Bertz CT molecular complexity index is 1580. The molecule has 0 bridgehead atoms. The van der Waals surface area contributed by atoms with Gasteiger partial charge in [-0.2, -0.15) is 4.40 Å². The highest BCUT2D eigenvalue weighted by molar-refractivity contribution is 6.13. The molecule has 2 nitrogen and oxygen atoms in total. The fraction of sp³-hybridized carbons (Fsp3) is 0.323. The molecular weight excluding hydrogens is 419 g/mol. The predicted octanol–water partition coefficient (Wildman–Crippen LogP) is 7.81. The molecule has 1 unspecified atom stereocenters. The molecule has 0 aliphatic carbocycles. The van der Waals surface area contributed by atoms with Crippen molar-refractivity contribution in [2.45, 2.75) is 54.1 Å². The molecule has 0 N–H and O–H groups in total. The Kier molecular flexibility index (Phi) is 5.09. The Balaban J connectivity index is 2.09. The van der Waals surface area contributed by atoms with E-state index in [9.17, 15) is 0 Å². The number of rotatable bonds is 3. The normalized spacial score (nSPS) is 13.9. The number of aromatic nitrogens is 2. The molecule has 34 heavy (non-hydrogen) atoms. The summed E-state index contributed by atoms with van der Waals surface area (Å²) in [6.07, 6.45) is 2.21. The number of hydrogen-bond donors (Lipinski definition) is 0. The highest BCUT2D eigenvalue weighted by Crippen LogP contribution is 2.42. The SMILES string of the molecule is Cc1cc(C)c(-c2c[n+](C)c3c4c(C(C)(F)C(C)C)cccc4c4ccc(C)cc4n23)c(C)c1. The van der Waals surface area contributed by atoms with Crippen molar-refractivity contribution in [2.75, 3.05) is 0 Å². The lowest BCUT2D eigenvalue weighted by Crippen LogP contribution is -2.28. The number of hydrogen-bond acceptors (Lipinski definition) is 0. The van der Waals surface area contributed by atoms with Gasteiger partial charge in [0.25, 0.3) is 5.65 Å². The fourth-order valence-corrected chi connectivity index (χ4v) is 5.66. The molecule has 0 amide bonds. The van der Waals surface area contributed by atoms with Crippen LogP contribution in [0.25, 0.3) is 38.6 Å². The van der Waals surface area contributed by atoms with E-state index < -0.39 is 5.67 Å². The maximum Gasteiger partial charge on any atom is 0.295 e. The van der Waals surface area contributed by atoms with E-state index >= 15 is 4.39 Å². The highest BCUT2D eigenvalue weighted by atomic mass is 19.1. The molecule has 0 radical (unpaired) electrons. The van der Waals surface area contributed by atoms with Crippen molar-refractivity contribution in [3.63, 3.8) is 0 Å². The Labute approximate surface area is 201 Å². The molecule has 0 aliphatic rings. The van der Waals surface area contributed by atoms with Crippen molar-refractivity contribution < 1.29 is 8.96 Å². The van der Waals surface area contributed by atoms with Crippen molar-refractivity contribution in [2.24, 2.45) is 13.0 Å². The predicted molar refractivity (Wildman–Crippen MR) is 141 cm³/mol. The molecule has 1 atom stereocenters. The first kappa shape index (κ1) is 22.6. The fourth-order valence-electron chi connectivity index (χ4n) is 5.66. The van der Waals surface area contributed by atoms with Crippen molar-refractivity contribution in [1.29, 1.82) is 0 Å². The summed E-state index contributed by atoms with van der Waals surface area (Å²) in [7, 11) is 2.08. The van der Waals surface area contributed by atoms with Gasteiger partial charge in [0.15, 0.2) is 5.69 Å². The number of alkyl halides is 1. The van der Waals surface area contributed by atoms with Gasteiger partial charge in [-0.3, -0.25) is 0 Å². The van der Waals surface area contributed by atoms with Crippen LogP contribution in [0.5, 0.6) is 0 Å². The van der Waals surface area contributed by atoms with Crippen LogP contribution in [0.2, 0.25) is 0 Å². The van der Waals surface area contributed by atoms with Gasteiger partial charge in [-0.25, -0.2) is 8.96 Å². The summed E-state index contributed by atoms with van der Waals surface area (Å²) in [4.78, 5) is 0. The molecule has 0 fully saturated rings. The smallest absolute Gasteiger partial charge is 0.239 e. The summed E-state index contributed by atoms with van der Waals surface area (Å²) in [6.45, 7) is 14.3. The number of pyridine rings is 1. The minimum absolute atomic E-state index is 0.145. The second-order valence-corrected chi connectivity index (χ2v) is 10.5. The molecule has 0 saturated heterocycles. The Morgan fingerprint density at radius 1 is 0.882 bits per heavy atom. The summed E-state index contributed by atoms with van der Waals surface area (Å²) in [5.41, 5.74) is 8.85. The van der Waals surface area contributed by atoms with Gasteiger partial charge in [-0.05, 0) is 69.4 Å². The zero-order chi connectivity index (χ0) is 24.5. The monoisotopic (exact) mass is 453 g/mol. The maximum atomic E-state index is 16.3. The van der Waals surface area contributed by atoms with Crippen LogP contribution in [0.4, 0.5) is 4.39 Å². The van der Waals surface area contributed by atoms with Crippen molar-refractivity contribution in [3.05, 3.63) is 82.5 Å². The van der Waals surface area contributed by atoms with Crippen LogP contribution in [-0.2, 0) is 12.7 Å². The molecule has 0 aliphatic heterocycles. The summed E-state index contributed by atoms with van der Waals surface area (Å²) in [5, 5.41) is 3.24. The van der Waals surface area contributed by atoms with Crippen molar-refractivity contribution in [1.82, 2.24) is 4.40 Å². The van der Waals surface area contributed by atoms with Crippen LogP contribution in [0.1, 0.15) is 48.6 Å². The van der Waals surface area contributed by atoms with Gasteiger partial charge in [-0.15, -0.1) is 0 Å². The third kappa shape index (κ3) is 3.17. The van der Waals surface area contributed by atoms with E-state index in [2.05, 4.69) is 86.3 Å². The Morgan fingerprint density at radius 3 is 2.21 bits per heavy atom. The lowest BCUT2D eigenvalue weighted by molar-refractivity contribution is -0.643. The molecule has 0 saturated carbocycles. The zero-order valence-electron chi connectivity index (χ0n) is 21.5. The third-order valence-corrected chi connectivity index (χ3v) is 7.62. The van der Waals surface area contributed by atoms with E-state index in [1.54, 1.807) is 6.92 Å². The van der Waals surface area contributed by atoms with E-state index in [-0.39, 0.29) is 5.92 Å². The van der Waals surface area contributed by atoms with Crippen LogP contribution in [0.15, 0.2) is 54.7 Å². The Hall–Kier alpha value is -3.20. The number of nitrogens with zero attached hydrogens (tertiary/aromatic N) is 2. The van der Waals surface area contributed by atoms with Gasteiger partial charge < -0.3 is 0 Å². The molecule has 174 valence electrons. The minimum atomic E-state index is -1.45. The quantitative estimate of drug-likeness (QED) is 0.194. The van der Waals surface area contributed by atoms with Crippen molar-refractivity contribution >= 4 is 27.3 Å². The number of imidazole rings is 1. The first-order valence-corrected chi connectivity index (χ1v) is 12.2. The zero-order valence-corrected chi connectivity index (χ0v) is 21.5. The lowest BCUT2D eigenvalue weighted by atomic mass is 9.84. The summed E-state index contributed by atoms with van der Waals surface area (Å²) < 4.78 is 20.8. The molecule has 5 aromatic rings. The van der Waals surface area contributed by atoms with Gasteiger partial charge in [0, 0.05) is 21.9 Å². The first-order chi connectivity index (χ1) is 16.0. The second-order valence-electron chi connectivity index (χ2n) is 10.5. The van der Waals surface area contributed by atoms with Crippen LogP contribution in [-0.4, -0.2) is 4.40 Å². The second kappa shape index (κ2) is 7.66. The van der Waals surface area contributed by atoms with E-state index in [1.165, 1.54) is 27.8 Å². The van der Waals surface area contributed by atoms with Gasteiger partial charge in [0.1, 0.15) is 17.4 Å². The van der Waals surface area contributed by atoms with Crippen molar-refractivity contribution in [3.8, 4) is 11.3 Å². The van der Waals surface area contributed by atoms with Gasteiger partial charge in [-0.1, -0.05) is 55.8 Å². The van der Waals surface area contributed by atoms with Crippen LogP contribution in [0, 0.1) is 33.6 Å². The maximum absolute atomic E-state index is 16.3. The summed E-state index contributed by atoms with van der Waals surface area (Å²) in [6, 6.07) is 17.2. The molecule has 2 heterocycles. The van der Waals surface area contributed by atoms with Gasteiger partial charge in [0.05, 0.1) is 12.4 Å². The number of fused-ring (bicyclic) bond motifs is 6. The van der Waals surface area contributed by atoms with Gasteiger partial charge in [0.2, 0.25) is 0 Å². The summed E-state index contributed by atoms with van der Waals surface area (Å²) in [5.74, 6) is -0.145. The van der Waals surface area contributed by atoms with Crippen LogP contribution in [0.3, 0.4) is 0 Å². The van der Waals surface area contributed by atoms with Gasteiger partial charge >= 0.3 is 0 Å². The minimum Gasteiger partial charge on any atom is -0.239 e. The molecule has 5 rings (SSSR count). The Morgan fingerprint density at radius 2 is 1.56 bits per heavy atom. The lowest BCUT2D eigenvalue weighted by Gasteiger charge is -2.26. The standard InChI is InChI=1S/C31H34FN2/c1-18(2)31(7,32)25-11-9-10-24-23-13-12-19(3)16-26(23)34-27(17-33(8)30(34)29(24)25)28-21(5)14-20(4)15-22(28)6/h9-18H,1-8H3/q+1. The van der Waals surface area contributed by atoms with E-state index in [0.717, 1.165) is 38.6 Å². The van der Waals surface area contributed by atoms with E-state index in [0.29, 0.717) is 0 Å². The molecule has 2 aromatic heterocycles. The number of aryl methyl sites for hydroxylation is 5. The first-order valence-electron chi connectivity index (χ1n) is 12.2. The topological polar surface area (TPSA) is 8.29 Å². The average molecular weight is 454 g/mol. The number of benzene rings is 3. The third-order valence-electron chi connectivity index (χ3n) is 7.62. The summed E-state index contributed by atoms with van der Waals surface area (Å²) >= 11 is 0. The molecule has 3 heteroatoms. The van der Waals surface area contributed by atoms with Crippen LogP contribution < -0.4 is 4.57 Å². The molecule has 0 spiro atoms. The largest absolute Gasteiger partial charge is 0.295 e. The number of halogens is 1. The molecular formula is C31H34FN2+. The average Bonchev–Trinajstić information content (AvgIpc) is 3.09.